The minimum absolute atomic E-state index is 0.133. The molecule has 20 heavy (non-hydrogen) atoms. The minimum atomic E-state index is -0.158. The van der Waals surface area contributed by atoms with Crippen molar-refractivity contribution in [3.05, 3.63) is 0 Å². The molecule has 0 bridgehead atoms. The molecule has 0 atom stereocenters. The zero-order valence-electron chi connectivity index (χ0n) is 14.7. The van der Waals surface area contributed by atoms with Crippen molar-refractivity contribution < 1.29 is 14.2 Å². The Labute approximate surface area is 126 Å². The summed E-state index contributed by atoms with van der Waals surface area (Å²) in [6.07, 6.45) is 2.76. The number of rotatable bonds is 12. The van der Waals surface area contributed by atoms with Crippen molar-refractivity contribution in [1.82, 2.24) is 0 Å². The smallest absolute Gasteiger partial charge is 0.160 e. The predicted molar refractivity (Wildman–Crippen MR) is 84.9 cm³/mol. The molecular weight excluding hydrogens is 252 g/mol. The van der Waals surface area contributed by atoms with E-state index in [4.69, 9.17) is 14.2 Å². The van der Waals surface area contributed by atoms with Crippen LogP contribution in [-0.2, 0) is 14.2 Å². The van der Waals surface area contributed by atoms with E-state index < -0.39 is 0 Å². The highest BCUT2D eigenvalue weighted by Gasteiger charge is 2.35. The molecule has 0 aliphatic heterocycles. The standard InChI is InChI=1S/C17H36O3/c1-8-18-16(19-9-2)13-17(20-10-3,11-14(4)5)12-15(6)7/h14-16H,8-13H2,1-7H3. The monoisotopic (exact) mass is 288 g/mol. The molecule has 3 nitrogen and oxygen atoms in total. The fraction of sp³-hybridized carbons (Fsp3) is 1.00. The van der Waals surface area contributed by atoms with Crippen LogP contribution in [0.4, 0.5) is 0 Å². The molecule has 0 aromatic carbocycles. The third kappa shape index (κ3) is 8.23. The number of hydrogen-bond donors (Lipinski definition) is 0. The molecule has 0 saturated carbocycles. The predicted octanol–water partition coefficient (Wildman–Crippen LogP) is 4.64. The van der Waals surface area contributed by atoms with Gasteiger partial charge in [0.15, 0.2) is 6.29 Å². The maximum Gasteiger partial charge on any atom is 0.160 e. The molecule has 0 radical (unpaired) electrons. The lowest BCUT2D eigenvalue weighted by Gasteiger charge is -2.39. The van der Waals surface area contributed by atoms with Gasteiger partial charge in [-0.15, -0.1) is 0 Å². The molecule has 0 heterocycles. The van der Waals surface area contributed by atoms with Crippen molar-refractivity contribution in [2.45, 2.75) is 79.6 Å². The van der Waals surface area contributed by atoms with Gasteiger partial charge < -0.3 is 14.2 Å². The first-order valence-corrected chi connectivity index (χ1v) is 8.26. The normalized spacial score (nSPS) is 12.9. The molecule has 0 amide bonds. The maximum absolute atomic E-state index is 6.21. The minimum Gasteiger partial charge on any atom is -0.375 e. The third-order valence-corrected chi connectivity index (χ3v) is 3.25. The van der Waals surface area contributed by atoms with Crippen LogP contribution < -0.4 is 0 Å². The van der Waals surface area contributed by atoms with Crippen molar-refractivity contribution in [3.63, 3.8) is 0 Å². The van der Waals surface area contributed by atoms with Crippen LogP contribution in [-0.4, -0.2) is 31.7 Å². The van der Waals surface area contributed by atoms with Crippen LogP contribution in [0.5, 0.6) is 0 Å². The molecule has 3 heteroatoms. The summed E-state index contributed by atoms with van der Waals surface area (Å²) in [5.74, 6) is 1.20. The molecule has 0 aliphatic carbocycles. The second kappa shape index (κ2) is 10.6. The highest BCUT2D eigenvalue weighted by atomic mass is 16.7. The lowest BCUT2D eigenvalue weighted by Crippen LogP contribution is -2.41. The first-order chi connectivity index (χ1) is 9.39. The summed E-state index contributed by atoms with van der Waals surface area (Å²) >= 11 is 0. The lowest BCUT2D eigenvalue weighted by molar-refractivity contribution is -0.186. The van der Waals surface area contributed by atoms with Gasteiger partial charge in [0.25, 0.3) is 0 Å². The van der Waals surface area contributed by atoms with Crippen LogP contribution in [0.15, 0.2) is 0 Å². The maximum atomic E-state index is 6.21. The number of ether oxygens (including phenoxy) is 3. The summed E-state index contributed by atoms with van der Waals surface area (Å²) in [4.78, 5) is 0. The van der Waals surface area contributed by atoms with Gasteiger partial charge in [0.05, 0.1) is 5.60 Å². The Morgan fingerprint density at radius 3 is 1.45 bits per heavy atom. The average Bonchev–Trinajstić information content (AvgIpc) is 2.27. The van der Waals surface area contributed by atoms with Crippen molar-refractivity contribution >= 4 is 0 Å². The van der Waals surface area contributed by atoms with Crippen LogP contribution in [0.25, 0.3) is 0 Å². The van der Waals surface area contributed by atoms with E-state index in [-0.39, 0.29) is 11.9 Å². The first kappa shape index (κ1) is 19.9. The van der Waals surface area contributed by atoms with Gasteiger partial charge >= 0.3 is 0 Å². The molecule has 0 N–H and O–H groups in total. The lowest BCUT2D eigenvalue weighted by atomic mass is 9.82. The largest absolute Gasteiger partial charge is 0.375 e. The van der Waals surface area contributed by atoms with Gasteiger partial charge in [0.1, 0.15) is 0 Å². The highest BCUT2D eigenvalue weighted by Crippen LogP contribution is 2.34. The van der Waals surface area contributed by atoms with Gasteiger partial charge in [-0.1, -0.05) is 27.7 Å². The van der Waals surface area contributed by atoms with Gasteiger partial charge in [-0.25, -0.2) is 0 Å². The molecule has 0 saturated heterocycles. The third-order valence-electron chi connectivity index (χ3n) is 3.25. The quantitative estimate of drug-likeness (QED) is 0.489. The van der Waals surface area contributed by atoms with E-state index in [0.29, 0.717) is 25.0 Å². The van der Waals surface area contributed by atoms with E-state index in [9.17, 15) is 0 Å². The summed E-state index contributed by atoms with van der Waals surface area (Å²) in [5.41, 5.74) is -0.133. The van der Waals surface area contributed by atoms with Crippen molar-refractivity contribution in [3.8, 4) is 0 Å². The highest BCUT2D eigenvalue weighted by molar-refractivity contribution is 4.85. The second-order valence-electron chi connectivity index (χ2n) is 6.36. The summed E-state index contributed by atoms with van der Waals surface area (Å²) in [6.45, 7) is 17.2. The molecule has 122 valence electrons. The summed E-state index contributed by atoms with van der Waals surface area (Å²) in [6, 6.07) is 0. The van der Waals surface area contributed by atoms with Crippen LogP contribution >= 0.6 is 0 Å². The molecule has 0 unspecified atom stereocenters. The fourth-order valence-corrected chi connectivity index (χ4v) is 3.06. The zero-order valence-corrected chi connectivity index (χ0v) is 14.7. The van der Waals surface area contributed by atoms with E-state index in [1.165, 1.54) is 0 Å². The fourth-order valence-electron chi connectivity index (χ4n) is 3.06. The van der Waals surface area contributed by atoms with E-state index in [1.54, 1.807) is 0 Å². The Kier molecular flexibility index (Phi) is 10.5. The molecule has 0 fully saturated rings. The average molecular weight is 288 g/mol. The van der Waals surface area contributed by atoms with Crippen molar-refractivity contribution in [2.24, 2.45) is 11.8 Å². The van der Waals surface area contributed by atoms with Gasteiger partial charge in [-0.2, -0.15) is 0 Å². The molecular formula is C17H36O3. The summed E-state index contributed by atoms with van der Waals surface area (Å²) in [7, 11) is 0. The van der Waals surface area contributed by atoms with Crippen LogP contribution in [0.2, 0.25) is 0 Å². The molecule has 0 rings (SSSR count). The SMILES string of the molecule is CCOC(CC(CC(C)C)(CC(C)C)OCC)OCC. The van der Waals surface area contributed by atoms with E-state index in [0.717, 1.165) is 25.9 Å². The topological polar surface area (TPSA) is 27.7 Å². The van der Waals surface area contributed by atoms with E-state index in [2.05, 4.69) is 34.6 Å². The molecule has 0 aromatic heterocycles. The summed E-state index contributed by atoms with van der Waals surface area (Å²) < 4.78 is 17.7. The first-order valence-electron chi connectivity index (χ1n) is 8.26. The van der Waals surface area contributed by atoms with Gasteiger partial charge in [0, 0.05) is 26.2 Å². The van der Waals surface area contributed by atoms with Gasteiger partial charge in [0.2, 0.25) is 0 Å². The Hall–Kier alpha value is -0.120. The van der Waals surface area contributed by atoms with Crippen LogP contribution in [0, 0.1) is 11.8 Å². The van der Waals surface area contributed by atoms with Gasteiger partial charge in [-0.3, -0.25) is 0 Å². The Morgan fingerprint density at radius 2 is 1.15 bits per heavy atom. The van der Waals surface area contributed by atoms with Crippen LogP contribution in [0.3, 0.4) is 0 Å². The zero-order chi connectivity index (χ0) is 15.6. The van der Waals surface area contributed by atoms with E-state index in [1.807, 2.05) is 13.8 Å². The van der Waals surface area contributed by atoms with Crippen molar-refractivity contribution in [2.75, 3.05) is 19.8 Å². The molecule has 0 aromatic rings. The number of hydrogen-bond acceptors (Lipinski definition) is 3. The van der Waals surface area contributed by atoms with E-state index >= 15 is 0 Å². The van der Waals surface area contributed by atoms with Gasteiger partial charge in [-0.05, 0) is 45.4 Å². The second-order valence-corrected chi connectivity index (χ2v) is 6.36. The Bertz CT molecular complexity index is 210. The summed E-state index contributed by atoms with van der Waals surface area (Å²) in [5, 5.41) is 0. The van der Waals surface area contributed by atoms with Crippen molar-refractivity contribution in [1.29, 1.82) is 0 Å². The molecule has 0 aliphatic rings. The Balaban J connectivity index is 5.00. The van der Waals surface area contributed by atoms with Crippen LogP contribution in [0.1, 0.15) is 67.7 Å². The molecule has 0 spiro atoms. The Morgan fingerprint density at radius 1 is 0.700 bits per heavy atom.